The number of rotatable bonds is 6. The summed E-state index contributed by atoms with van der Waals surface area (Å²) in [7, 11) is 0. The van der Waals surface area contributed by atoms with Gasteiger partial charge in [-0.2, -0.15) is 13.2 Å². The number of anilines is 1. The van der Waals surface area contributed by atoms with E-state index in [4.69, 9.17) is 11.6 Å². The molecule has 1 N–H and O–H groups in total. The fourth-order valence-electron chi connectivity index (χ4n) is 3.76. The van der Waals surface area contributed by atoms with Crippen LogP contribution in [0, 0.1) is 19.7 Å². The first kappa shape index (κ1) is 24.2. The number of benzene rings is 2. The van der Waals surface area contributed by atoms with Crippen LogP contribution in [-0.2, 0) is 18.1 Å². The molecule has 9 heteroatoms. The van der Waals surface area contributed by atoms with Gasteiger partial charge in [-0.25, -0.2) is 9.37 Å². The number of nitrogens with one attached hydrogen (secondary N) is 1. The van der Waals surface area contributed by atoms with Gasteiger partial charge < -0.3 is 5.32 Å². The van der Waals surface area contributed by atoms with E-state index in [0.29, 0.717) is 21.9 Å². The van der Waals surface area contributed by atoms with Crippen LogP contribution in [-0.4, -0.2) is 9.97 Å². The number of pyridine rings is 1. The third-order valence-electron chi connectivity index (χ3n) is 5.54. The molecular weight excluding hydrogens is 486 g/mol. The molecule has 0 aliphatic rings. The van der Waals surface area contributed by atoms with Gasteiger partial charge in [0, 0.05) is 17.5 Å². The van der Waals surface area contributed by atoms with Gasteiger partial charge in [0.05, 0.1) is 22.0 Å². The first-order valence-corrected chi connectivity index (χ1v) is 11.5. The van der Waals surface area contributed by atoms with Gasteiger partial charge in [-0.3, -0.25) is 4.98 Å². The van der Waals surface area contributed by atoms with E-state index in [2.05, 4.69) is 15.3 Å². The molecule has 176 valence electrons. The van der Waals surface area contributed by atoms with Crippen LogP contribution in [0.2, 0.25) is 5.02 Å². The first-order valence-electron chi connectivity index (χ1n) is 10.3. The second-order valence-electron chi connectivity index (χ2n) is 7.94. The van der Waals surface area contributed by atoms with Crippen molar-refractivity contribution in [2.24, 2.45) is 0 Å². The van der Waals surface area contributed by atoms with Crippen LogP contribution in [0.3, 0.4) is 0 Å². The van der Waals surface area contributed by atoms with Gasteiger partial charge in [0.15, 0.2) is 5.13 Å². The Morgan fingerprint density at radius 1 is 0.971 bits per heavy atom. The van der Waals surface area contributed by atoms with Crippen molar-refractivity contribution in [3.05, 3.63) is 111 Å². The molecule has 3 nitrogen and oxygen atoms in total. The lowest BCUT2D eigenvalue weighted by atomic mass is 9.80. The summed E-state index contributed by atoms with van der Waals surface area (Å²) >= 11 is 7.43. The van der Waals surface area contributed by atoms with Crippen LogP contribution in [0.5, 0.6) is 0 Å². The summed E-state index contributed by atoms with van der Waals surface area (Å²) in [6, 6.07) is 15.0. The third kappa shape index (κ3) is 5.08. The molecule has 4 rings (SSSR count). The van der Waals surface area contributed by atoms with Gasteiger partial charge in [0.1, 0.15) is 11.4 Å². The fraction of sp³-hybridized carbons (Fsp3) is 0.200. The summed E-state index contributed by atoms with van der Waals surface area (Å²) in [6.45, 7) is 3.75. The van der Waals surface area contributed by atoms with E-state index in [0.717, 1.165) is 28.3 Å². The normalized spacial score (nSPS) is 13.5. The Bertz CT molecular complexity index is 1270. The van der Waals surface area contributed by atoms with Gasteiger partial charge in [-0.05, 0) is 55.3 Å². The zero-order valence-corrected chi connectivity index (χ0v) is 19.8. The van der Waals surface area contributed by atoms with Gasteiger partial charge in [0.2, 0.25) is 0 Å². The SMILES string of the molecule is Cc1nc(N[C@@](Cc2ccccc2)(c2cc(F)cc(C(F)(F)F)c2)c2ccc(Cl)cn2)sc1C. The van der Waals surface area contributed by atoms with Crippen LogP contribution in [0.25, 0.3) is 0 Å². The van der Waals surface area contributed by atoms with E-state index < -0.39 is 23.1 Å². The van der Waals surface area contributed by atoms with Crippen molar-refractivity contribution >= 4 is 28.1 Å². The van der Waals surface area contributed by atoms with Crippen molar-refractivity contribution in [1.82, 2.24) is 9.97 Å². The van der Waals surface area contributed by atoms with E-state index >= 15 is 0 Å². The highest BCUT2D eigenvalue weighted by molar-refractivity contribution is 7.15. The van der Waals surface area contributed by atoms with E-state index in [1.165, 1.54) is 17.5 Å². The number of thiazole rings is 1. The smallest absolute Gasteiger partial charge is 0.346 e. The largest absolute Gasteiger partial charge is 0.416 e. The maximum Gasteiger partial charge on any atom is 0.416 e. The van der Waals surface area contributed by atoms with Crippen molar-refractivity contribution in [3.8, 4) is 0 Å². The molecule has 0 fully saturated rings. The molecule has 0 bridgehead atoms. The van der Waals surface area contributed by atoms with Gasteiger partial charge >= 0.3 is 6.18 Å². The minimum atomic E-state index is -4.73. The number of nitrogens with zero attached hydrogens (tertiary/aromatic N) is 2. The highest BCUT2D eigenvalue weighted by atomic mass is 35.5. The monoisotopic (exact) mass is 505 g/mol. The van der Waals surface area contributed by atoms with Crippen molar-refractivity contribution in [1.29, 1.82) is 0 Å². The molecule has 4 aromatic rings. The molecule has 2 aromatic heterocycles. The summed E-state index contributed by atoms with van der Waals surface area (Å²) in [4.78, 5) is 9.94. The highest BCUT2D eigenvalue weighted by Crippen LogP contribution is 2.41. The van der Waals surface area contributed by atoms with Crippen molar-refractivity contribution in [3.63, 3.8) is 0 Å². The summed E-state index contributed by atoms with van der Waals surface area (Å²) in [5.74, 6) is -0.996. The van der Waals surface area contributed by atoms with Crippen LogP contribution in [0.1, 0.15) is 33.0 Å². The molecule has 0 aliphatic carbocycles. The van der Waals surface area contributed by atoms with Gasteiger partial charge in [-0.15, -0.1) is 11.3 Å². The molecule has 0 radical (unpaired) electrons. The number of halogens is 5. The molecular formula is C25H20ClF4N3S. The van der Waals surface area contributed by atoms with Crippen LogP contribution in [0.15, 0.2) is 66.9 Å². The summed E-state index contributed by atoms with van der Waals surface area (Å²) in [5, 5.41) is 4.18. The molecule has 0 aliphatic heterocycles. The number of aromatic nitrogens is 2. The lowest BCUT2D eigenvalue weighted by Crippen LogP contribution is -2.40. The predicted molar refractivity (Wildman–Crippen MR) is 127 cm³/mol. The molecule has 2 heterocycles. The lowest BCUT2D eigenvalue weighted by Gasteiger charge is -2.36. The van der Waals surface area contributed by atoms with Gasteiger partial charge in [0.25, 0.3) is 0 Å². The predicted octanol–water partition coefficient (Wildman–Crippen LogP) is 7.56. The Labute approximate surface area is 203 Å². The molecule has 0 spiro atoms. The summed E-state index contributed by atoms with van der Waals surface area (Å²) in [5.41, 5.74) is -0.392. The molecule has 34 heavy (non-hydrogen) atoms. The highest BCUT2D eigenvalue weighted by Gasteiger charge is 2.40. The number of hydrogen-bond donors (Lipinski definition) is 1. The van der Waals surface area contributed by atoms with E-state index in [9.17, 15) is 17.6 Å². The molecule has 0 unspecified atom stereocenters. The second-order valence-corrected chi connectivity index (χ2v) is 9.58. The minimum Gasteiger partial charge on any atom is -0.346 e. The molecule has 0 saturated carbocycles. The van der Waals surface area contributed by atoms with E-state index in [1.54, 1.807) is 12.1 Å². The van der Waals surface area contributed by atoms with E-state index in [-0.39, 0.29) is 12.0 Å². The van der Waals surface area contributed by atoms with Gasteiger partial charge in [-0.1, -0.05) is 41.9 Å². The summed E-state index contributed by atoms with van der Waals surface area (Å²) in [6.07, 6.45) is -3.13. The number of aryl methyl sites for hydroxylation is 2. The molecule has 2 aromatic carbocycles. The maximum absolute atomic E-state index is 14.6. The maximum atomic E-state index is 14.6. The van der Waals surface area contributed by atoms with Crippen LogP contribution in [0.4, 0.5) is 22.7 Å². The zero-order valence-electron chi connectivity index (χ0n) is 18.3. The van der Waals surface area contributed by atoms with Crippen molar-refractivity contribution < 1.29 is 17.6 Å². The zero-order chi connectivity index (χ0) is 24.5. The topological polar surface area (TPSA) is 37.8 Å². The number of alkyl halides is 3. The number of hydrogen-bond acceptors (Lipinski definition) is 4. The standard InChI is InChI=1S/C25H20ClF4N3S/c1-15-16(2)34-23(32-15)33-24(13-17-6-4-3-5-7-17,22-9-8-20(26)14-31-22)18-10-19(25(28,29)30)12-21(27)11-18/h3-12,14H,13H2,1-2H3,(H,32,33)/t24-/m0/s1. The molecule has 1 atom stereocenters. The summed E-state index contributed by atoms with van der Waals surface area (Å²) < 4.78 is 55.6. The average molecular weight is 506 g/mol. The Balaban J connectivity index is 2.01. The third-order valence-corrected chi connectivity index (χ3v) is 6.76. The Hall–Kier alpha value is -2.97. The van der Waals surface area contributed by atoms with E-state index in [1.807, 2.05) is 44.2 Å². The lowest BCUT2D eigenvalue weighted by molar-refractivity contribution is -0.137. The Kier molecular flexibility index (Phi) is 6.64. The average Bonchev–Trinajstić information content (AvgIpc) is 3.10. The fourth-order valence-corrected chi connectivity index (χ4v) is 4.76. The first-order chi connectivity index (χ1) is 16.1. The quantitative estimate of drug-likeness (QED) is 0.275. The minimum absolute atomic E-state index is 0.0732. The van der Waals surface area contributed by atoms with Crippen LogP contribution < -0.4 is 5.32 Å². The molecule has 0 saturated heterocycles. The van der Waals surface area contributed by atoms with Crippen LogP contribution >= 0.6 is 22.9 Å². The second kappa shape index (κ2) is 9.35. The molecule has 0 amide bonds. The Morgan fingerprint density at radius 3 is 2.26 bits per heavy atom. The Morgan fingerprint density at radius 2 is 1.68 bits per heavy atom. The van der Waals surface area contributed by atoms with Crippen molar-refractivity contribution in [2.45, 2.75) is 32.0 Å². The van der Waals surface area contributed by atoms with Crippen molar-refractivity contribution in [2.75, 3.05) is 5.32 Å².